The zero-order valence-corrected chi connectivity index (χ0v) is 11.6. The van der Waals surface area contributed by atoms with Crippen molar-refractivity contribution in [1.82, 2.24) is 20.5 Å². The fraction of sp³-hybridized carbons (Fsp3) is 0.200. The quantitative estimate of drug-likeness (QED) is 0.946. The molecule has 0 saturated carbocycles. The number of aryl methyl sites for hydroxylation is 1. The number of hydrogen-bond donors (Lipinski definition) is 1. The van der Waals surface area contributed by atoms with Crippen LogP contribution in [-0.4, -0.2) is 21.1 Å². The predicted molar refractivity (Wildman–Crippen MR) is 70.1 cm³/mol. The number of amides is 1. The van der Waals surface area contributed by atoms with Crippen molar-refractivity contribution in [3.63, 3.8) is 0 Å². The summed E-state index contributed by atoms with van der Waals surface area (Å²) >= 11 is 13.0. The van der Waals surface area contributed by atoms with Gasteiger partial charge in [0.1, 0.15) is 0 Å². The molecule has 0 atom stereocenters. The first-order valence-corrected chi connectivity index (χ1v) is 6.51. The molecule has 0 aliphatic rings. The zero-order valence-electron chi connectivity index (χ0n) is 9.28. The second-order valence-corrected chi connectivity index (χ2v) is 5.46. The maximum absolute atomic E-state index is 11.9. The van der Waals surface area contributed by atoms with E-state index in [1.54, 1.807) is 6.20 Å². The molecule has 2 aromatic heterocycles. The van der Waals surface area contributed by atoms with Crippen molar-refractivity contribution in [2.24, 2.45) is 0 Å². The van der Waals surface area contributed by atoms with Crippen molar-refractivity contribution in [3.05, 3.63) is 38.0 Å². The summed E-state index contributed by atoms with van der Waals surface area (Å²) < 4.78 is 0. The van der Waals surface area contributed by atoms with Gasteiger partial charge in [0.05, 0.1) is 17.1 Å². The summed E-state index contributed by atoms with van der Waals surface area (Å²) in [5.74, 6) is -0.345. The maximum Gasteiger partial charge on any atom is 0.254 e. The van der Waals surface area contributed by atoms with Crippen LogP contribution in [0.4, 0.5) is 0 Å². The highest BCUT2D eigenvalue weighted by atomic mass is 35.5. The lowest BCUT2D eigenvalue weighted by molar-refractivity contribution is 0.0951. The first-order chi connectivity index (χ1) is 8.56. The minimum absolute atomic E-state index is 0.0254. The summed E-state index contributed by atoms with van der Waals surface area (Å²) in [6.07, 6.45) is 1.72. The van der Waals surface area contributed by atoms with Crippen molar-refractivity contribution < 1.29 is 4.79 Å². The lowest BCUT2D eigenvalue weighted by atomic mass is 10.3. The van der Waals surface area contributed by atoms with Gasteiger partial charge in [-0.1, -0.05) is 23.2 Å². The van der Waals surface area contributed by atoms with Gasteiger partial charge in [-0.2, -0.15) is 0 Å². The van der Waals surface area contributed by atoms with Crippen LogP contribution in [0.3, 0.4) is 0 Å². The summed E-state index contributed by atoms with van der Waals surface area (Å²) in [7, 11) is 0. The van der Waals surface area contributed by atoms with Gasteiger partial charge in [-0.15, -0.1) is 21.5 Å². The molecular weight excluding hydrogens is 295 g/mol. The van der Waals surface area contributed by atoms with Gasteiger partial charge >= 0.3 is 0 Å². The Labute approximate surface area is 117 Å². The van der Waals surface area contributed by atoms with E-state index in [0.717, 1.165) is 9.88 Å². The Morgan fingerprint density at radius 1 is 1.44 bits per heavy atom. The van der Waals surface area contributed by atoms with Crippen molar-refractivity contribution in [1.29, 1.82) is 0 Å². The molecule has 8 heteroatoms. The number of carbonyl (C=O) groups is 1. The third kappa shape index (κ3) is 3.16. The molecule has 2 rings (SSSR count). The molecule has 5 nitrogen and oxygen atoms in total. The van der Waals surface area contributed by atoms with Gasteiger partial charge in [0.2, 0.25) is 0 Å². The van der Waals surface area contributed by atoms with E-state index in [1.807, 2.05) is 6.92 Å². The number of aromatic nitrogens is 3. The molecule has 0 aromatic carbocycles. The second-order valence-electron chi connectivity index (χ2n) is 3.40. The third-order valence-electron chi connectivity index (χ3n) is 2.06. The molecule has 0 fully saturated rings. The minimum Gasteiger partial charge on any atom is -0.347 e. The van der Waals surface area contributed by atoms with E-state index in [2.05, 4.69) is 20.5 Å². The Morgan fingerprint density at radius 2 is 2.22 bits per heavy atom. The molecule has 18 heavy (non-hydrogen) atoms. The first-order valence-electron chi connectivity index (χ1n) is 4.94. The summed E-state index contributed by atoms with van der Waals surface area (Å²) in [6.45, 7) is 2.29. The van der Waals surface area contributed by atoms with Gasteiger partial charge in [0.15, 0.2) is 10.3 Å². The van der Waals surface area contributed by atoms with Crippen molar-refractivity contribution in [3.8, 4) is 0 Å². The van der Waals surface area contributed by atoms with Gasteiger partial charge in [0.25, 0.3) is 5.91 Å². The summed E-state index contributed by atoms with van der Waals surface area (Å²) in [5, 5.41) is 10.9. The first kappa shape index (κ1) is 13.2. The smallest absolute Gasteiger partial charge is 0.254 e. The number of rotatable bonds is 3. The topological polar surface area (TPSA) is 67.8 Å². The molecule has 0 aliphatic carbocycles. The number of nitrogens with zero attached hydrogens (tertiary/aromatic N) is 3. The monoisotopic (exact) mass is 302 g/mol. The van der Waals surface area contributed by atoms with E-state index in [1.165, 1.54) is 17.4 Å². The lowest BCUT2D eigenvalue weighted by Gasteiger charge is -2.04. The van der Waals surface area contributed by atoms with Crippen LogP contribution in [0.2, 0.25) is 10.3 Å². The average molecular weight is 303 g/mol. The van der Waals surface area contributed by atoms with E-state index in [0.29, 0.717) is 6.54 Å². The Hall–Kier alpha value is -1.24. The van der Waals surface area contributed by atoms with E-state index in [9.17, 15) is 4.79 Å². The molecule has 0 saturated heterocycles. The Morgan fingerprint density at radius 3 is 2.89 bits per heavy atom. The fourth-order valence-electron chi connectivity index (χ4n) is 1.26. The van der Waals surface area contributed by atoms with Crippen molar-refractivity contribution in [2.45, 2.75) is 13.5 Å². The highest BCUT2D eigenvalue weighted by Gasteiger charge is 2.13. The molecular formula is C10H8Cl2N4OS. The molecule has 0 radical (unpaired) electrons. The largest absolute Gasteiger partial charge is 0.347 e. The van der Waals surface area contributed by atoms with Crippen molar-refractivity contribution >= 4 is 40.4 Å². The highest BCUT2D eigenvalue weighted by Crippen LogP contribution is 2.16. The number of hydrogen-bond acceptors (Lipinski definition) is 5. The fourth-order valence-corrected chi connectivity index (χ4v) is 2.32. The molecule has 94 valence electrons. The van der Waals surface area contributed by atoms with Crippen LogP contribution >= 0.6 is 34.5 Å². The highest BCUT2D eigenvalue weighted by molar-refractivity contribution is 7.11. The Balaban J connectivity index is 2.05. The summed E-state index contributed by atoms with van der Waals surface area (Å²) in [5.41, 5.74) is 0.206. The van der Waals surface area contributed by atoms with E-state index in [-0.39, 0.29) is 21.8 Å². The summed E-state index contributed by atoms with van der Waals surface area (Å²) in [6, 6.07) is 1.38. The van der Waals surface area contributed by atoms with Crippen LogP contribution in [0.1, 0.15) is 20.2 Å². The van der Waals surface area contributed by atoms with Crippen LogP contribution in [0.15, 0.2) is 12.3 Å². The predicted octanol–water partition coefficient (Wildman–Crippen LogP) is 2.48. The van der Waals surface area contributed by atoms with Crippen LogP contribution in [-0.2, 0) is 6.54 Å². The molecule has 0 spiro atoms. The third-order valence-corrected chi connectivity index (χ3v) is 3.43. The normalized spacial score (nSPS) is 10.4. The second kappa shape index (κ2) is 5.60. The molecule has 0 bridgehead atoms. The molecule has 1 amide bonds. The van der Waals surface area contributed by atoms with Gasteiger partial charge in [0, 0.05) is 11.1 Å². The molecule has 0 unspecified atom stereocenters. The van der Waals surface area contributed by atoms with Crippen LogP contribution < -0.4 is 5.32 Å². The molecule has 2 aromatic rings. The van der Waals surface area contributed by atoms with Gasteiger partial charge in [-0.05, 0) is 13.0 Å². The number of nitrogens with one attached hydrogen (secondary N) is 1. The lowest BCUT2D eigenvalue weighted by Crippen LogP contribution is -2.23. The average Bonchev–Trinajstić information content (AvgIpc) is 2.75. The Bertz CT molecular complexity index is 587. The minimum atomic E-state index is -0.345. The van der Waals surface area contributed by atoms with Gasteiger partial charge < -0.3 is 5.32 Å². The van der Waals surface area contributed by atoms with Crippen LogP contribution in [0.5, 0.6) is 0 Å². The van der Waals surface area contributed by atoms with E-state index < -0.39 is 0 Å². The summed E-state index contributed by atoms with van der Waals surface area (Å²) in [4.78, 5) is 16.9. The number of thiazole rings is 1. The molecule has 2 heterocycles. The van der Waals surface area contributed by atoms with E-state index >= 15 is 0 Å². The number of halogens is 2. The maximum atomic E-state index is 11.9. The standard InChI is InChI=1S/C10H8Cl2N4OS/c1-5-13-3-6(18-5)4-14-10(17)7-2-8(11)15-16-9(7)12/h2-3H,4H2,1H3,(H,14,17). The van der Waals surface area contributed by atoms with Crippen molar-refractivity contribution in [2.75, 3.05) is 0 Å². The zero-order chi connectivity index (χ0) is 13.1. The van der Waals surface area contributed by atoms with E-state index in [4.69, 9.17) is 23.2 Å². The Kier molecular flexibility index (Phi) is 4.11. The molecule has 1 N–H and O–H groups in total. The van der Waals surface area contributed by atoms with Gasteiger partial charge in [-0.25, -0.2) is 4.98 Å². The van der Waals surface area contributed by atoms with Crippen LogP contribution in [0.25, 0.3) is 0 Å². The molecule has 0 aliphatic heterocycles. The van der Waals surface area contributed by atoms with Crippen LogP contribution in [0, 0.1) is 6.92 Å². The number of carbonyl (C=O) groups excluding carboxylic acids is 1. The SMILES string of the molecule is Cc1ncc(CNC(=O)c2cc(Cl)nnc2Cl)s1. The van der Waals surface area contributed by atoms with Gasteiger partial charge in [-0.3, -0.25) is 4.79 Å².